The van der Waals surface area contributed by atoms with Crippen LogP contribution in [0, 0.1) is 0 Å². The molecule has 22 radical (unpaired) electrons. The van der Waals surface area contributed by atoms with E-state index in [1.54, 1.807) is 0 Å². The molecular formula is C44H102Ge4Si5. The van der Waals surface area contributed by atoms with Crippen molar-refractivity contribution in [2.45, 2.75) is 284 Å². The Morgan fingerprint density at radius 2 is 0.283 bits per heavy atom. The van der Waals surface area contributed by atoms with E-state index in [0.29, 0.717) is 50.4 Å². The van der Waals surface area contributed by atoms with Gasteiger partial charge in [-0.25, -0.2) is 0 Å². The summed E-state index contributed by atoms with van der Waals surface area (Å²) in [5.41, 5.74) is 0. The number of hydrogen-bond donors (Lipinski definition) is 0. The second-order valence-corrected chi connectivity index (χ2v) is 45.4. The summed E-state index contributed by atoms with van der Waals surface area (Å²) in [7, 11) is 0.168. The summed E-state index contributed by atoms with van der Waals surface area (Å²) >= 11 is 0. The summed E-state index contributed by atoms with van der Waals surface area (Å²) in [5, 5.41) is 5.38. The normalized spacial score (nSPS) is 13.2. The van der Waals surface area contributed by atoms with Gasteiger partial charge < -0.3 is 0 Å². The van der Waals surface area contributed by atoms with Gasteiger partial charge in [0.25, 0.3) is 0 Å². The van der Waals surface area contributed by atoms with Crippen molar-refractivity contribution < 1.29 is 0 Å². The van der Waals surface area contributed by atoms with E-state index < -0.39 is 0 Å². The standard InChI is InChI=1S/4C9H21Si.C8H18Si.4Ge/c4*1-8(2,3)10(7)9(4,5)6;1-7(2,3)9-8(4,5)6;;;;/h4*1-7H3;1-6H3;;;;. The van der Waals surface area contributed by atoms with E-state index in [0.717, 1.165) is 9.52 Å². The first-order chi connectivity index (χ1) is 20.3. The molecule has 53 heavy (non-hydrogen) atoms. The molecule has 9 heteroatoms. The van der Waals surface area contributed by atoms with Crippen molar-refractivity contribution >= 4 is 115 Å². The van der Waals surface area contributed by atoms with Crippen molar-refractivity contribution in [1.29, 1.82) is 0 Å². The minimum Gasteiger partial charge on any atom is -0.0703 e. The zero-order chi connectivity index (χ0) is 42.0. The van der Waals surface area contributed by atoms with E-state index in [1.807, 2.05) is 0 Å². The zero-order valence-corrected chi connectivity index (χ0v) is 56.9. The predicted octanol–water partition coefficient (Wildman–Crippen LogP) is 16.4. The Bertz CT molecular complexity index is 664. The van der Waals surface area contributed by atoms with Crippen molar-refractivity contribution in [1.82, 2.24) is 0 Å². The van der Waals surface area contributed by atoms with Crippen LogP contribution in [0.15, 0.2) is 0 Å². The molecule has 0 aliphatic rings. The van der Waals surface area contributed by atoms with Crippen molar-refractivity contribution in [3.05, 3.63) is 0 Å². The smallest absolute Gasteiger partial charge is 0.0561 e. The molecular weight excluding hydrogens is 959 g/mol. The average molecular weight is 1060 g/mol. The third-order valence-electron chi connectivity index (χ3n) is 9.75. The van der Waals surface area contributed by atoms with Crippen LogP contribution in [0.2, 0.25) is 76.6 Å². The zero-order valence-electron chi connectivity index (χ0n) is 43.5. The molecule has 0 aromatic heterocycles. The largest absolute Gasteiger partial charge is 0.0703 e. The molecule has 0 rings (SSSR count). The summed E-state index contributed by atoms with van der Waals surface area (Å²) in [6, 6.07) is 0. The maximum Gasteiger partial charge on any atom is 0.0561 e. The van der Waals surface area contributed by atoms with Crippen molar-refractivity contribution in [3.8, 4) is 0 Å². The van der Waals surface area contributed by atoms with Gasteiger partial charge in [0.05, 0.1) is 44.7 Å². The van der Waals surface area contributed by atoms with E-state index in [9.17, 15) is 0 Å². The van der Waals surface area contributed by atoms with Gasteiger partial charge in [-0.3, -0.25) is 0 Å². The molecule has 0 spiro atoms. The molecule has 0 atom stereocenters. The minimum atomic E-state index is -0.221. The molecule has 0 aromatic rings. The van der Waals surface area contributed by atoms with Crippen LogP contribution in [0.25, 0.3) is 0 Å². The van der Waals surface area contributed by atoms with E-state index in [2.05, 4.69) is 234 Å². The van der Waals surface area contributed by atoms with E-state index in [1.165, 1.54) is 0 Å². The Kier molecular flexibility index (Phi) is 40.6. The summed E-state index contributed by atoms with van der Waals surface area (Å²) in [6.07, 6.45) is 0. The van der Waals surface area contributed by atoms with E-state index in [-0.39, 0.29) is 106 Å². The van der Waals surface area contributed by atoms with Crippen LogP contribution >= 0.6 is 0 Å². The molecule has 0 aliphatic carbocycles. The molecule has 0 amide bonds. The molecule has 0 unspecified atom stereocenters. The van der Waals surface area contributed by atoms with Gasteiger partial charge in [-0.2, -0.15) is 0 Å². The van der Waals surface area contributed by atoms with Gasteiger partial charge in [-0.05, 0) is 50.4 Å². The Hall–Kier alpha value is 3.26. The molecule has 0 saturated carbocycles. The Balaban J connectivity index is -0.0000000641. The fourth-order valence-corrected chi connectivity index (χ4v) is 16.9. The fraction of sp³-hybridized carbons (Fsp3) is 1.00. The Labute approximate surface area is 395 Å². The Morgan fingerprint density at radius 3 is 0.283 bits per heavy atom. The Morgan fingerprint density at radius 1 is 0.208 bits per heavy atom. The van der Waals surface area contributed by atoms with Crippen LogP contribution in [0.4, 0.5) is 0 Å². The topological polar surface area (TPSA) is 0 Å². The monoisotopic (exact) mass is 1070 g/mol. The predicted molar refractivity (Wildman–Crippen MR) is 272 cm³/mol. The van der Waals surface area contributed by atoms with Gasteiger partial charge >= 0.3 is 0 Å². The first-order valence-corrected chi connectivity index (χ1v) is 28.5. The van der Waals surface area contributed by atoms with Crippen molar-refractivity contribution in [3.63, 3.8) is 0 Å². The molecule has 0 fully saturated rings. The van der Waals surface area contributed by atoms with Gasteiger partial charge in [0.15, 0.2) is 0 Å². The van der Waals surface area contributed by atoms with Crippen LogP contribution in [-0.2, 0) is 0 Å². The van der Waals surface area contributed by atoms with Crippen LogP contribution in [0.3, 0.4) is 0 Å². The molecule has 0 aromatic carbocycles. The maximum atomic E-state index is 2.44. The molecule has 0 N–H and O–H groups in total. The van der Waals surface area contributed by atoms with Gasteiger partial charge in [0.1, 0.15) is 0 Å². The van der Waals surface area contributed by atoms with Crippen molar-refractivity contribution in [2.75, 3.05) is 0 Å². The van der Waals surface area contributed by atoms with Crippen molar-refractivity contribution in [2.24, 2.45) is 0 Å². The second-order valence-electron chi connectivity index (χ2n) is 25.1. The van der Waals surface area contributed by atoms with E-state index in [4.69, 9.17) is 0 Å². The van der Waals surface area contributed by atoms with E-state index >= 15 is 0 Å². The van der Waals surface area contributed by atoms with Crippen LogP contribution in [0.1, 0.15) is 208 Å². The molecule has 0 saturated heterocycles. The maximum absolute atomic E-state index is 2.44. The van der Waals surface area contributed by atoms with Gasteiger partial charge in [0.2, 0.25) is 0 Å². The molecule has 0 nitrogen and oxygen atoms in total. The minimum absolute atomic E-state index is 0. The first kappa shape index (κ1) is 76.9. The second kappa shape index (κ2) is 28.0. The quantitative estimate of drug-likeness (QED) is 0.212. The molecule has 314 valence electrons. The van der Waals surface area contributed by atoms with Gasteiger partial charge in [-0.15, -0.1) is 0 Å². The summed E-state index contributed by atoms with van der Waals surface area (Å²) in [6.45, 7) is 80.0. The molecule has 0 aliphatic heterocycles. The van der Waals surface area contributed by atoms with Gasteiger partial charge in [0, 0.05) is 70.4 Å². The van der Waals surface area contributed by atoms with Crippen LogP contribution < -0.4 is 0 Å². The summed E-state index contributed by atoms with van der Waals surface area (Å²) in [5.74, 6) is 0. The third kappa shape index (κ3) is 47.8. The summed E-state index contributed by atoms with van der Waals surface area (Å²) < 4.78 is 0. The molecule has 0 bridgehead atoms. The SMILES string of the molecule is CC(C)(C)[Si]C(C)(C)C.C[Si](C(C)(C)C)C(C)(C)C.C[Si](C(C)(C)C)C(C)(C)C.C[Si](C(C)(C)C)C(C)(C)C.C[Si](C(C)(C)C)C(C)(C)C.[Ge].[Ge].[Ge].[Ge]. The summed E-state index contributed by atoms with van der Waals surface area (Å²) in [4.78, 5) is 0. The van der Waals surface area contributed by atoms with Crippen LogP contribution in [0.5, 0.6) is 0 Å². The third-order valence-corrected chi connectivity index (χ3v) is 29.2. The molecule has 0 heterocycles. The number of hydrogen-bond acceptors (Lipinski definition) is 0. The number of rotatable bonds is 0. The fourth-order valence-electron chi connectivity index (χ4n) is 5.62. The average Bonchev–Trinajstić information content (AvgIpc) is 2.71. The van der Waals surface area contributed by atoms with Crippen LogP contribution in [-0.4, -0.2) is 115 Å². The van der Waals surface area contributed by atoms with Gasteiger partial charge in [-0.1, -0.05) is 234 Å². The first-order valence-electron chi connectivity index (χ1n) is 19.5.